The Morgan fingerprint density at radius 3 is 1.71 bits per heavy atom. The summed E-state index contributed by atoms with van der Waals surface area (Å²) in [5.74, 6) is 1.64. The molecule has 0 saturated carbocycles. The summed E-state index contributed by atoms with van der Waals surface area (Å²) in [6, 6.07) is 59.0. The normalized spacial score (nSPS) is 11.4. The lowest BCUT2D eigenvalue weighted by Gasteiger charge is -2.19. The highest BCUT2D eigenvalue weighted by Crippen LogP contribution is 2.50. The number of rotatable bonds is 2. The smallest absolute Gasteiger partial charge is 0.143 e. The first-order valence-electron chi connectivity index (χ1n) is 16.3. The molecule has 0 amide bonds. The molecule has 3 heteroatoms. The molecule has 228 valence electrons. The van der Waals surface area contributed by atoms with Crippen LogP contribution < -0.4 is 4.74 Å². The van der Waals surface area contributed by atoms with Crippen LogP contribution in [-0.4, -0.2) is 4.98 Å². The Balaban J connectivity index is 1.30. The van der Waals surface area contributed by atoms with Crippen LogP contribution in [0.1, 0.15) is 5.56 Å². The Morgan fingerprint density at radius 2 is 1.02 bits per heavy atom. The number of para-hydroxylation sites is 1. The van der Waals surface area contributed by atoms with E-state index in [2.05, 4.69) is 133 Å². The van der Waals surface area contributed by atoms with E-state index in [1.807, 2.05) is 42.6 Å². The van der Waals surface area contributed by atoms with Gasteiger partial charge in [-0.2, -0.15) is 5.26 Å². The van der Waals surface area contributed by atoms with Crippen LogP contribution in [0.15, 0.2) is 170 Å². The van der Waals surface area contributed by atoms with Crippen LogP contribution in [0, 0.1) is 11.3 Å². The van der Waals surface area contributed by atoms with Gasteiger partial charge in [0, 0.05) is 33.8 Å². The van der Waals surface area contributed by atoms with Crippen LogP contribution >= 0.6 is 0 Å². The van der Waals surface area contributed by atoms with Gasteiger partial charge >= 0.3 is 0 Å². The van der Waals surface area contributed by atoms with Crippen LogP contribution in [0.2, 0.25) is 0 Å². The van der Waals surface area contributed by atoms with Crippen molar-refractivity contribution in [3.05, 3.63) is 176 Å². The second-order valence-corrected chi connectivity index (χ2v) is 12.2. The van der Waals surface area contributed by atoms with Gasteiger partial charge in [-0.3, -0.25) is 4.98 Å². The SMILES string of the molecule is N#Cc1ccc(-c2ccc(-c3ccc4c(c3)-c3ccc5ccccc5c3Oc3ccccc3-c3ccccc3-c3ccccc3-4)cn2)cc1. The number of hydrogen-bond donors (Lipinski definition) is 0. The van der Waals surface area contributed by atoms with Gasteiger partial charge in [-0.1, -0.05) is 127 Å². The highest BCUT2D eigenvalue weighted by Gasteiger charge is 2.23. The first kappa shape index (κ1) is 28.5. The minimum atomic E-state index is 0.633. The molecule has 2 heterocycles. The predicted octanol–water partition coefficient (Wildman–Crippen LogP) is 12.2. The van der Waals surface area contributed by atoms with Crippen molar-refractivity contribution in [2.24, 2.45) is 0 Å². The third-order valence-corrected chi connectivity index (χ3v) is 9.42. The lowest BCUT2D eigenvalue weighted by atomic mass is 9.85. The molecule has 1 aliphatic rings. The van der Waals surface area contributed by atoms with E-state index in [-0.39, 0.29) is 0 Å². The molecule has 0 saturated heterocycles. The van der Waals surface area contributed by atoms with E-state index in [0.717, 1.165) is 83.6 Å². The second-order valence-electron chi connectivity index (χ2n) is 12.2. The summed E-state index contributed by atoms with van der Waals surface area (Å²) in [4.78, 5) is 4.83. The van der Waals surface area contributed by atoms with Crippen molar-refractivity contribution >= 4 is 10.8 Å². The van der Waals surface area contributed by atoms with E-state index in [1.54, 1.807) is 0 Å². The summed E-state index contributed by atoms with van der Waals surface area (Å²) in [6.07, 6.45) is 1.93. The van der Waals surface area contributed by atoms with Crippen molar-refractivity contribution in [2.75, 3.05) is 0 Å². The van der Waals surface area contributed by atoms with Gasteiger partial charge in [-0.15, -0.1) is 0 Å². The van der Waals surface area contributed by atoms with E-state index in [1.165, 1.54) is 5.56 Å². The number of nitrogens with zero attached hydrogens (tertiary/aromatic N) is 2. The third kappa shape index (κ3) is 4.95. The second kappa shape index (κ2) is 11.8. The van der Waals surface area contributed by atoms with Gasteiger partial charge in [0.1, 0.15) is 11.5 Å². The molecule has 8 aromatic rings. The van der Waals surface area contributed by atoms with Crippen molar-refractivity contribution in [2.45, 2.75) is 0 Å². The van der Waals surface area contributed by atoms with Gasteiger partial charge in [0.15, 0.2) is 0 Å². The fourth-order valence-electron chi connectivity index (χ4n) is 6.99. The zero-order valence-electron chi connectivity index (χ0n) is 26.5. The topological polar surface area (TPSA) is 45.9 Å². The quantitative estimate of drug-likeness (QED) is 0.192. The van der Waals surface area contributed by atoms with Gasteiger partial charge in [0.2, 0.25) is 0 Å². The van der Waals surface area contributed by atoms with Crippen LogP contribution in [-0.2, 0) is 0 Å². The molecule has 1 aliphatic heterocycles. The van der Waals surface area contributed by atoms with Crippen LogP contribution in [0.4, 0.5) is 0 Å². The highest BCUT2D eigenvalue weighted by molar-refractivity contribution is 6.03. The first-order chi connectivity index (χ1) is 24.2. The molecule has 0 radical (unpaired) electrons. The Bertz CT molecular complexity index is 2580. The number of aromatic nitrogens is 1. The Morgan fingerprint density at radius 1 is 0.449 bits per heavy atom. The van der Waals surface area contributed by atoms with Crippen molar-refractivity contribution in [3.63, 3.8) is 0 Å². The number of ether oxygens (including phenoxy) is 1. The summed E-state index contributed by atoms with van der Waals surface area (Å²) in [5, 5.41) is 11.4. The molecule has 9 rings (SSSR count). The zero-order chi connectivity index (χ0) is 32.7. The van der Waals surface area contributed by atoms with E-state index >= 15 is 0 Å². The van der Waals surface area contributed by atoms with Gasteiger partial charge in [-0.25, -0.2) is 0 Å². The van der Waals surface area contributed by atoms with Crippen molar-refractivity contribution in [1.82, 2.24) is 4.98 Å². The molecular formula is C46H28N2O. The first-order valence-corrected chi connectivity index (χ1v) is 16.3. The molecule has 0 aliphatic carbocycles. The molecule has 0 unspecified atom stereocenters. The van der Waals surface area contributed by atoms with E-state index in [9.17, 15) is 5.26 Å². The van der Waals surface area contributed by atoms with Gasteiger partial charge in [0.05, 0.1) is 17.3 Å². The van der Waals surface area contributed by atoms with Crippen molar-refractivity contribution in [1.29, 1.82) is 5.26 Å². The number of benzene rings is 7. The summed E-state index contributed by atoms with van der Waals surface area (Å²) in [5.41, 5.74) is 13.4. The minimum absolute atomic E-state index is 0.633. The number of fused-ring (bicyclic) bond motifs is 11. The lowest BCUT2D eigenvalue weighted by Crippen LogP contribution is -1.94. The van der Waals surface area contributed by atoms with Crippen LogP contribution in [0.3, 0.4) is 0 Å². The van der Waals surface area contributed by atoms with Crippen LogP contribution in [0.5, 0.6) is 11.5 Å². The van der Waals surface area contributed by atoms with E-state index < -0.39 is 0 Å². The minimum Gasteiger partial charge on any atom is -0.455 e. The van der Waals surface area contributed by atoms with Crippen molar-refractivity contribution in [3.8, 4) is 84.5 Å². The Labute approximate surface area is 285 Å². The average Bonchev–Trinajstić information content (AvgIpc) is 3.19. The summed E-state index contributed by atoms with van der Waals surface area (Å²) < 4.78 is 7.09. The number of nitriles is 1. The van der Waals surface area contributed by atoms with Gasteiger partial charge in [-0.05, 0) is 80.7 Å². The third-order valence-electron chi connectivity index (χ3n) is 9.42. The lowest BCUT2D eigenvalue weighted by molar-refractivity contribution is 0.492. The maximum atomic E-state index is 9.20. The van der Waals surface area contributed by atoms with E-state index in [0.29, 0.717) is 5.56 Å². The monoisotopic (exact) mass is 624 g/mol. The highest BCUT2D eigenvalue weighted by atomic mass is 16.5. The molecule has 0 bridgehead atoms. The molecule has 0 atom stereocenters. The fraction of sp³-hybridized carbons (Fsp3) is 0. The fourth-order valence-corrected chi connectivity index (χ4v) is 6.99. The molecule has 1 aromatic heterocycles. The summed E-state index contributed by atoms with van der Waals surface area (Å²) in [6.45, 7) is 0. The Hall–Kier alpha value is -6.76. The maximum absolute atomic E-state index is 9.20. The Kier molecular flexibility index (Phi) is 6.85. The number of hydrogen-bond acceptors (Lipinski definition) is 3. The zero-order valence-corrected chi connectivity index (χ0v) is 26.5. The molecule has 0 fully saturated rings. The summed E-state index contributed by atoms with van der Waals surface area (Å²) in [7, 11) is 0. The molecule has 3 nitrogen and oxygen atoms in total. The largest absolute Gasteiger partial charge is 0.455 e. The standard InChI is InChI=1S/C46H28N2O/c47-28-30-17-19-32(20-18-30)44-26-23-34(29-48-44)33-22-24-40-38-13-4-3-11-36(38)37-12-5-6-14-39(37)41-15-7-8-16-45(41)49-46-35-10-2-1-9-31(35)21-25-42(46)43(40)27-33/h1-27,29H. The van der Waals surface area contributed by atoms with Gasteiger partial charge in [0.25, 0.3) is 0 Å². The van der Waals surface area contributed by atoms with Crippen molar-refractivity contribution < 1.29 is 4.74 Å². The average molecular weight is 625 g/mol. The predicted molar refractivity (Wildman–Crippen MR) is 199 cm³/mol. The van der Waals surface area contributed by atoms with Gasteiger partial charge < -0.3 is 4.74 Å². The molecule has 7 aromatic carbocycles. The molecular weight excluding hydrogens is 597 g/mol. The maximum Gasteiger partial charge on any atom is 0.143 e. The molecule has 49 heavy (non-hydrogen) atoms. The van der Waals surface area contributed by atoms with Crippen LogP contribution in [0.25, 0.3) is 77.7 Å². The molecule has 0 N–H and O–H groups in total. The number of pyridine rings is 1. The molecule has 0 spiro atoms. The summed E-state index contributed by atoms with van der Waals surface area (Å²) >= 11 is 0. The van der Waals surface area contributed by atoms with E-state index in [4.69, 9.17) is 9.72 Å².